The summed E-state index contributed by atoms with van der Waals surface area (Å²) >= 11 is 0. The molecule has 0 saturated heterocycles. The van der Waals surface area contributed by atoms with Gasteiger partial charge in [-0.05, 0) is 24.3 Å². The zero-order valence-corrected chi connectivity index (χ0v) is 11.4. The molecule has 20 heavy (non-hydrogen) atoms. The minimum absolute atomic E-state index is 0.403. The predicted molar refractivity (Wildman–Crippen MR) is 75.6 cm³/mol. The van der Waals surface area contributed by atoms with Crippen molar-refractivity contribution in [1.29, 1.82) is 0 Å². The highest BCUT2D eigenvalue weighted by molar-refractivity contribution is 5.93. The number of esters is 2. The maximum Gasteiger partial charge on any atom is 0.337 e. The number of benzene rings is 2. The molecule has 0 aliphatic carbocycles. The van der Waals surface area contributed by atoms with E-state index in [1.54, 1.807) is 0 Å². The van der Waals surface area contributed by atoms with Gasteiger partial charge in [0, 0.05) is 0 Å². The molecule has 0 unspecified atom stereocenters. The van der Waals surface area contributed by atoms with Gasteiger partial charge in [-0.15, -0.1) is 0 Å². The molecule has 0 radical (unpaired) electrons. The molecule has 2 aromatic rings. The first-order valence-corrected chi connectivity index (χ1v) is 5.95. The summed E-state index contributed by atoms with van der Waals surface area (Å²) in [6, 6.07) is 18.0. The topological polar surface area (TPSA) is 52.6 Å². The number of carbonyl (C=O) groups is 2. The van der Waals surface area contributed by atoms with Gasteiger partial charge < -0.3 is 9.47 Å². The lowest BCUT2D eigenvalue weighted by atomic mass is 10.1. The second-order valence-electron chi connectivity index (χ2n) is 3.72. The lowest BCUT2D eigenvalue weighted by Gasteiger charge is -2.00. The molecule has 0 aliphatic rings. The molecule has 0 atom stereocenters. The zero-order valence-electron chi connectivity index (χ0n) is 11.4. The molecule has 0 aromatic heterocycles. The monoisotopic (exact) mass is 272 g/mol. The fourth-order valence-corrected chi connectivity index (χ4v) is 1.36. The zero-order chi connectivity index (χ0) is 14.8. The molecule has 0 bridgehead atoms. The third kappa shape index (κ3) is 4.94. The Bertz CT molecular complexity index is 470. The van der Waals surface area contributed by atoms with E-state index in [9.17, 15) is 9.59 Å². The third-order valence-electron chi connectivity index (χ3n) is 2.39. The van der Waals surface area contributed by atoms with Crippen molar-refractivity contribution in [2.24, 2.45) is 0 Å². The summed E-state index contributed by atoms with van der Waals surface area (Å²) in [7, 11) is 2.60. The van der Waals surface area contributed by atoms with E-state index >= 15 is 0 Å². The van der Waals surface area contributed by atoms with Gasteiger partial charge in [-0.2, -0.15) is 0 Å². The van der Waals surface area contributed by atoms with Crippen molar-refractivity contribution < 1.29 is 19.1 Å². The maximum absolute atomic E-state index is 11.0. The minimum Gasteiger partial charge on any atom is -0.465 e. The Balaban J connectivity index is 0.000000276. The molecule has 0 saturated carbocycles. The van der Waals surface area contributed by atoms with Gasteiger partial charge >= 0.3 is 11.9 Å². The van der Waals surface area contributed by atoms with Crippen molar-refractivity contribution in [3.8, 4) is 0 Å². The Hall–Kier alpha value is -2.62. The SMILES string of the molecule is COC(=O)c1ccc(C(=O)OC)cc1.c1ccccc1. The molecule has 0 amide bonds. The van der Waals surface area contributed by atoms with Gasteiger partial charge in [-0.1, -0.05) is 36.4 Å². The van der Waals surface area contributed by atoms with Gasteiger partial charge in [0.05, 0.1) is 25.3 Å². The highest BCUT2D eigenvalue weighted by atomic mass is 16.5. The van der Waals surface area contributed by atoms with E-state index in [-0.39, 0.29) is 0 Å². The molecule has 104 valence electrons. The van der Waals surface area contributed by atoms with E-state index in [0.717, 1.165) is 0 Å². The number of hydrogen-bond acceptors (Lipinski definition) is 4. The molecule has 2 aromatic carbocycles. The lowest BCUT2D eigenvalue weighted by molar-refractivity contribution is 0.0586. The van der Waals surface area contributed by atoms with Crippen LogP contribution in [-0.2, 0) is 9.47 Å². The molecule has 0 N–H and O–H groups in total. The smallest absolute Gasteiger partial charge is 0.337 e. The fourth-order valence-electron chi connectivity index (χ4n) is 1.36. The van der Waals surface area contributed by atoms with Gasteiger partial charge in [-0.25, -0.2) is 9.59 Å². The summed E-state index contributed by atoms with van der Waals surface area (Å²) in [4.78, 5) is 22.1. The number of carbonyl (C=O) groups excluding carboxylic acids is 2. The first kappa shape index (κ1) is 15.4. The first-order chi connectivity index (χ1) is 9.69. The molecule has 4 heteroatoms. The van der Waals surface area contributed by atoms with E-state index in [1.165, 1.54) is 38.5 Å². The normalized spacial score (nSPS) is 8.90. The van der Waals surface area contributed by atoms with Gasteiger partial charge in [0.2, 0.25) is 0 Å². The summed E-state index contributed by atoms with van der Waals surface area (Å²) in [5, 5.41) is 0. The Morgan fingerprint density at radius 1 is 0.650 bits per heavy atom. The fraction of sp³-hybridized carbons (Fsp3) is 0.125. The van der Waals surface area contributed by atoms with Crippen LogP contribution in [0.2, 0.25) is 0 Å². The summed E-state index contributed by atoms with van der Waals surface area (Å²) in [6.07, 6.45) is 0. The largest absolute Gasteiger partial charge is 0.465 e. The van der Waals surface area contributed by atoms with Crippen LogP contribution in [0.3, 0.4) is 0 Å². The maximum atomic E-state index is 11.0. The molecule has 0 spiro atoms. The molecular weight excluding hydrogens is 256 g/mol. The van der Waals surface area contributed by atoms with Crippen LogP contribution in [0.1, 0.15) is 20.7 Å². The van der Waals surface area contributed by atoms with Crippen LogP contribution in [0.4, 0.5) is 0 Å². The Morgan fingerprint density at radius 3 is 1.10 bits per heavy atom. The van der Waals surface area contributed by atoms with Crippen LogP contribution in [0.25, 0.3) is 0 Å². The summed E-state index contributed by atoms with van der Waals surface area (Å²) in [5.41, 5.74) is 0.806. The third-order valence-corrected chi connectivity index (χ3v) is 2.39. The van der Waals surface area contributed by atoms with Crippen molar-refractivity contribution in [2.45, 2.75) is 0 Å². The average Bonchev–Trinajstić information content (AvgIpc) is 2.55. The average molecular weight is 272 g/mol. The van der Waals surface area contributed by atoms with Crippen molar-refractivity contribution >= 4 is 11.9 Å². The number of rotatable bonds is 2. The summed E-state index contributed by atoms with van der Waals surface area (Å²) < 4.78 is 9.02. The molecule has 0 fully saturated rings. The Morgan fingerprint density at radius 2 is 0.900 bits per heavy atom. The van der Waals surface area contributed by atoms with Crippen molar-refractivity contribution in [2.75, 3.05) is 14.2 Å². The second-order valence-corrected chi connectivity index (χ2v) is 3.72. The molecule has 2 rings (SSSR count). The number of ether oxygens (including phenoxy) is 2. The van der Waals surface area contributed by atoms with Crippen molar-refractivity contribution in [3.63, 3.8) is 0 Å². The minimum atomic E-state index is -0.429. The van der Waals surface area contributed by atoms with Crippen LogP contribution in [0, 0.1) is 0 Å². The van der Waals surface area contributed by atoms with Gasteiger partial charge in [0.1, 0.15) is 0 Å². The lowest BCUT2D eigenvalue weighted by Crippen LogP contribution is -2.04. The summed E-state index contributed by atoms with van der Waals surface area (Å²) in [5.74, 6) is -0.858. The number of methoxy groups -OCH3 is 2. The highest BCUT2D eigenvalue weighted by Gasteiger charge is 2.08. The van der Waals surface area contributed by atoms with Crippen LogP contribution in [0.5, 0.6) is 0 Å². The van der Waals surface area contributed by atoms with Gasteiger partial charge in [-0.3, -0.25) is 0 Å². The van der Waals surface area contributed by atoms with Gasteiger partial charge in [0.15, 0.2) is 0 Å². The predicted octanol–water partition coefficient (Wildman–Crippen LogP) is 2.95. The van der Waals surface area contributed by atoms with E-state index in [2.05, 4.69) is 9.47 Å². The van der Waals surface area contributed by atoms with Crippen LogP contribution >= 0.6 is 0 Å². The molecule has 0 heterocycles. The molecule has 0 aliphatic heterocycles. The summed E-state index contributed by atoms with van der Waals surface area (Å²) in [6.45, 7) is 0. The molecule has 4 nitrogen and oxygen atoms in total. The van der Waals surface area contributed by atoms with Gasteiger partial charge in [0.25, 0.3) is 0 Å². The van der Waals surface area contributed by atoms with Crippen LogP contribution in [0.15, 0.2) is 60.7 Å². The quantitative estimate of drug-likeness (QED) is 0.789. The van der Waals surface area contributed by atoms with Crippen LogP contribution in [-0.4, -0.2) is 26.2 Å². The van der Waals surface area contributed by atoms with E-state index in [0.29, 0.717) is 11.1 Å². The van der Waals surface area contributed by atoms with Crippen molar-refractivity contribution in [3.05, 3.63) is 71.8 Å². The Labute approximate surface area is 118 Å². The highest BCUT2D eigenvalue weighted by Crippen LogP contribution is 2.06. The van der Waals surface area contributed by atoms with E-state index in [4.69, 9.17) is 0 Å². The Kier molecular flexibility index (Phi) is 6.54. The number of hydrogen-bond donors (Lipinski definition) is 0. The van der Waals surface area contributed by atoms with Crippen LogP contribution < -0.4 is 0 Å². The van der Waals surface area contributed by atoms with E-state index in [1.807, 2.05) is 36.4 Å². The molecular formula is C16H16O4. The standard InChI is InChI=1S/C10H10O4.C6H6/c1-13-9(11)7-3-5-8(6-4-7)10(12)14-2;1-2-4-6-5-3-1/h3-6H,1-2H3;1-6H. The second kappa shape index (κ2) is 8.48. The van der Waals surface area contributed by atoms with Crippen molar-refractivity contribution in [1.82, 2.24) is 0 Å². The first-order valence-electron chi connectivity index (χ1n) is 5.95. The van der Waals surface area contributed by atoms with E-state index < -0.39 is 11.9 Å².